The molecule has 0 amide bonds. The molecule has 0 fully saturated rings. The fourth-order valence-corrected chi connectivity index (χ4v) is 3.14. The minimum Gasteiger partial charge on any atom is -0.464 e. The number of aromatic nitrogens is 2. The van der Waals surface area contributed by atoms with Crippen molar-refractivity contribution in [2.24, 2.45) is 0 Å². The average Bonchev–Trinajstić information content (AvgIpc) is 2.99. The second-order valence-corrected chi connectivity index (χ2v) is 5.85. The van der Waals surface area contributed by atoms with Crippen molar-refractivity contribution in [1.29, 1.82) is 0 Å². The van der Waals surface area contributed by atoms with Crippen LogP contribution in [0.1, 0.15) is 16.1 Å². The van der Waals surface area contributed by atoms with Crippen LogP contribution in [0.2, 0.25) is 0 Å². The van der Waals surface area contributed by atoms with Crippen LogP contribution < -0.4 is 4.90 Å². The van der Waals surface area contributed by atoms with Gasteiger partial charge in [-0.3, -0.25) is 0 Å². The Kier molecular flexibility index (Phi) is 4.57. The first-order chi connectivity index (χ1) is 12.1. The lowest BCUT2D eigenvalue weighted by atomic mass is 10.1. The minimum absolute atomic E-state index is 0.343. The number of anilines is 1. The molecule has 0 bridgehead atoms. The quantitative estimate of drug-likeness (QED) is 0.546. The summed E-state index contributed by atoms with van der Waals surface area (Å²) in [4.78, 5) is 21.7. The molecule has 5 nitrogen and oxygen atoms in total. The SMILES string of the molecule is C=CCN(CC=C)c1ccc2[nH]c3cnc(C(=O)OC)c(C)c3c2c1. The molecule has 0 spiro atoms. The minimum atomic E-state index is -0.426. The number of nitrogens with zero attached hydrogens (tertiary/aromatic N) is 2. The van der Waals surface area contributed by atoms with Crippen LogP contribution >= 0.6 is 0 Å². The Labute approximate surface area is 146 Å². The summed E-state index contributed by atoms with van der Waals surface area (Å²) in [7, 11) is 1.36. The van der Waals surface area contributed by atoms with Gasteiger partial charge < -0.3 is 14.6 Å². The van der Waals surface area contributed by atoms with Crippen molar-refractivity contribution in [1.82, 2.24) is 9.97 Å². The third kappa shape index (κ3) is 2.89. The van der Waals surface area contributed by atoms with Gasteiger partial charge in [0.2, 0.25) is 0 Å². The molecular formula is C20H21N3O2. The number of nitrogens with one attached hydrogen (secondary N) is 1. The van der Waals surface area contributed by atoms with Gasteiger partial charge in [0.15, 0.2) is 5.69 Å². The third-order valence-electron chi connectivity index (χ3n) is 4.31. The Morgan fingerprint density at radius 3 is 2.64 bits per heavy atom. The molecule has 25 heavy (non-hydrogen) atoms. The number of carbonyl (C=O) groups excluding carboxylic acids is 1. The molecule has 0 radical (unpaired) electrons. The zero-order valence-corrected chi connectivity index (χ0v) is 14.5. The Balaban J connectivity index is 2.23. The van der Waals surface area contributed by atoms with Crippen LogP contribution in [-0.2, 0) is 4.74 Å². The number of aromatic amines is 1. The number of pyridine rings is 1. The molecule has 128 valence electrons. The molecule has 3 aromatic rings. The topological polar surface area (TPSA) is 58.2 Å². The van der Waals surface area contributed by atoms with E-state index >= 15 is 0 Å². The fourth-order valence-electron chi connectivity index (χ4n) is 3.14. The van der Waals surface area contributed by atoms with Gasteiger partial charge in [0.05, 0.1) is 18.8 Å². The first-order valence-electron chi connectivity index (χ1n) is 8.06. The normalized spacial score (nSPS) is 10.8. The molecule has 0 aliphatic rings. The molecule has 0 aliphatic heterocycles. The molecule has 0 saturated heterocycles. The highest BCUT2D eigenvalue weighted by Gasteiger charge is 2.17. The van der Waals surface area contributed by atoms with Crippen LogP contribution in [0.5, 0.6) is 0 Å². The molecule has 5 heteroatoms. The van der Waals surface area contributed by atoms with Gasteiger partial charge in [0.25, 0.3) is 0 Å². The summed E-state index contributed by atoms with van der Waals surface area (Å²) in [5.41, 5.74) is 4.13. The second kappa shape index (κ2) is 6.81. The predicted octanol–water partition coefficient (Wildman–Crippen LogP) is 3.99. The van der Waals surface area contributed by atoms with E-state index in [1.165, 1.54) is 7.11 Å². The van der Waals surface area contributed by atoms with Crippen molar-refractivity contribution in [2.75, 3.05) is 25.1 Å². The molecule has 0 atom stereocenters. The van der Waals surface area contributed by atoms with Gasteiger partial charge in [-0.25, -0.2) is 9.78 Å². The number of carbonyl (C=O) groups is 1. The van der Waals surface area contributed by atoms with Gasteiger partial charge >= 0.3 is 5.97 Å². The predicted molar refractivity (Wildman–Crippen MR) is 102 cm³/mol. The maximum Gasteiger partial charge on any atom is 0.356 e. The van der Waals surface area contributed by atoms with E-state index < -0.39 is 5.97 Å². The fraction of sp³-hybridized carbons (Fsp3) is 0.200. The number of hydrogen-bond acceptors (Lipinski definition) is 4. The molecule has 2 aromatic heterocycles. The molecule has 1 aromatic carbocycles. The van der Waals surface area contributed by atoms with E-state index in [0.717, 1.165) is 46.1 Å². The number of benzene rings is 1. The van der Waals surface area contributed by atoms with Crippen molar-refractivity contribution in [3.8, 4) is 0 Å². The lowest BCUT2D eigenvalue weighted by Gasteiger charge is -2.21. The summed E-state index contributed by atoms with van der Waals surface area (Å²) < 4.78 is 4.84. The summed E-state index contributed by atoms with van der Waals surface area (Å²) in [6.45, 7) is 11.0. The van der Waals surface area contributed by atoms with Crippen LogP contribution in [0.4, 0.5) is 5.69 Å². The summed E-state index contributed by atoms with van der Waals surface area (Å²) in [6.07, 6.45) is 5.42. The smallest absolute Gasteiger partial charge is 0.356 e. The Bertz CT molecular complexity index is 962. The number of ether oxygens (including phenoxy) is 1. The maximum atomic E-state index is 12.0. The van der Waals surface area contributed by atoms with E-state index in [1.807, 2.05) is 25.1 Å². The molecule has 3 rings (SSSR count). The van der Waals surface area contributed by atoms with Crippen molar-refractivity contribution >= 4 is 33.5 Å². The Morgan fingerprint density at radius 1 is 1.28 bits per heavy atom. The van der Waals surface area contributed by atoms with E-state index in [9.17, 15) is 4.79 Å². The van der Waals surface area contributed by atoms with E-state index in [-0.39, 0.29) is 0 Å². The van der Waals surface area contributed by atoms with Gasteiger partial charge in [0.1, 0.15) is 0 Å². The third-order valence-corrected chi connectivity index (χ3v) is 4.31. The molecule has 0 saturated carbocycles. The highest BCUT2D eigenvalue weighted by molar-refractivity contribution is 6.11. The standard InChI is InChI=1S/C20H21N3O2/c1-5-9-23(10-6-2)14-7-8-16-15(11-14)18-13(3)19(20(24)25-4)21-12-17(18)22-16/h5-8,11-12,22H,1-2,9-10H2,3-4H3. The van der Waals surface area contributed by atoms with Crippen LogP contribution in [0.3, 0.4) is 0 Å². The number of aryl methyl sites for hydroxylation is 1. The molecule has 0 aliphatic carbocycles. The highest BCUT2D eigenvalue weighted by Crippen LogP contribution is 2.32. The Morgan fingerprint density at radius 2 is 2.00 bits per heavy atom. The zero-order valence-electron chi connectivity index (χ0n) is 14.5. The summed E-state index contributed by atoms with van der Waals surface area (Å²) >= 11 is 0. The number of rotatable bonds is 6. The molecule has 2 heterocycles. The van der Waals surface area contributed by atoms with E-state index in [4.69, 9.17) is 4.74 Å². The van der Waals surface area contributed by atoms with Crippen molar-refractivity contribution < 1.29 is 9.53 Å². The number of H-pyrrole nitrogens is 1. The zero-order chi connectivity index (χ0) is 18.0. The number of fused-ring (bicyclic) bond motifs is 3. The van der Waals surface area contributed by atoms with Gasteiger partial charge in [-0.1, -0.05) is 12.2 Å². The van der Waals surface area contributed by atoms with Crippen molar-refractivity contribution in [3.05, 3.63) is 61.0 Å². The lowest BCUT2D eigenvalue weighted by molar-refractivity contribution is 0.0593. The van der Waals surface area contributed by atoms with E-state index in [0.29, 0.717) is 5.69 Å². The highest BCUT2D eigenvalue weighted by atomic mass is 16.5. The monoisotopic (exact) mass is 335 g/mol. The second-order valence-electron chi connectivity index (χ2n) is 5.85. The van der Waals surface area contributed by atoms with Gasteiger partial charge in [-0.2, -0.15) is 0 Å². The summed E-state index contributed by atoms with van der Waals surface area (Å²) in [6, 6.07) is 6.23. The van der Waals surface area contributed by atoms with E-state index in [2.05, 4.69) is 40.2 Å². The van der Waals surface area contributed by atoms with Gasteiger partial charge in [-0.05, 0) is 30.7 Å². The van der Waals surface area contributed by atoms with Crippen LogP contribution in [-0.4, -0.2) is 36.1 Å². The average molecular weight is 335 g/mol. The molecule has 1 N–H and O–H groups in total. The van der Waals surface area contributed by atoms with Crippen molar-refractivity contribution in [2.45, 2.75) is 6.92 Å². The van der Waals surface area contributed by atoms with Crippen molar-refractivity contribution in [3.63, 3.8) is 0 Å². The number of methoxy groups -OCH3 is 1. The van der Waals surface area contributed by atoms with Crippen LogP contribution in [0.15, 0.2) is 49.7 Å². The number of esters is 1. The van der Waals surface area contributed by atoms with E-state index in [1.54, 1.807) is 6.20 Å². The molecule has 0 unspecified atom stereocenters. The van der Waals surface area contributed by atoms with Crippen LogP contribution in [0, 0.1) is 6.92 Å². The molecular weight excluding hydrogens is 314 g/mol. The first kappa shape index (κ1) is 16.8. The lowest BCUT2D eigenvalue weighted by Crippen LogP contribution is -2.22. The Hall–Kier alpha value is -3.08. The summed E-state index contributed by atoms with van der Waals surface area (Å²) in [5.74, 6) is -0.426. The van der Waals surface area contributed by atoms with Gasteiger partial charge in [0, 0.05) is 35.1 Å². The maximum absolute atomic E-state index is 12.0. The first-order valence-corrected chi connectivity index (χ1v) is 8.06. The van der Waals surface area contributed by atoms with Crippen LogP contribution in [0.25, 0.3) is 21.8 Å². The van der Waals surface area contributed by atoms with Gasteiger partial charge in [-0.15, -0.1) is 13.2 Å². The largest absolute Gasteiger partial charge is 0.464 e. The number of hydrogen-bond donors (Lipinski definition) is 1. The summed E-state index contributed by atoms with van der Waals surface area (Å²) in [5, 5.41) is 2.04.